The third-order valence-corrected chi connectivity index (χ3v) is 10.5. The van der Waals surface area contributed by atoms with Crippen LogP contribution >= 0.6 is 23.1 Å². The van der Waals surface area contributed by atoms with Gasteiger partial charge in [0.2, 0.25) is 11.8 Å². The molecule has 0 radical (unpaired) electrons. The minimum atomic E-state index is -1.01. The van der Waals surface area contributed by atoms with Crippen molar-refractivity contribution in [1.82, 2.24) is 9.88 Å². The van der Waals surface area contributed by atoms with E-state index < -0.39 is 5.97 Å². The second kappa shape index (κ2) is 7.05. The van der Waals surface area contributed by atoms with Crippen LogP contribution in [0.25, 0.3) is 0 Å². The zero-order valence-corrected chi connectivity index (χ0v) is 18.9. The Labute approximate surface area is 192 Å². The summed E-state index contributed by atoms with van der Waals surface area (Å²) in [6.45, 7) is 2.03. The molecule has 1 aromatic heterocycles. The van der Waals surface area contributed by atoms with E-state index in [0.717, 1.165) is 21.9 Å². The summed E-state index contributed by atoms with van der Waals surface area (Å²) in [6.07, 6.45) is 0.613. The number of aromatic amines is 1. The molecule has 166 valence electrons. The van der Waals surface area contributed by atoms with E-state index in [1.807, 2.05) is 12.1 Å². The number of thiazole rings is 1. The predicted octanol–water partition coefficient (Wildman–Crippen LogP) is 2.69. The van der Waals surface area contributed by atoms with Gasteiger partial charge in [0.15, 0.2) is 0 Å². The van der Waals surface area contributed by atoms with Crippen LogP contribution in [0.3, 0.4) is 0 Å². The second-order valence-corrected chi connectivity index (χ2v) is 11.5. The Morgan fingerprint density at radius 1 is 1.16 bits per heavy atom. The molecule has 6 rings (SSSR count). The molecule has 2 bridgehead atoms. The van der Waals surface area contributed by atoms with Gasteiger partial charge in [-0.25, -0.2) is 0 Å². The van der Waals surface area contributed by atoms with Crippen LogP contribution < -0.4 is 4.87 Å². The highest BCUT2D eigenvalue weighted by atomic mass is 32.2. The van der Waals surface area contributed by atoms with Crippen molar-refractivity contribution in [2.45, 2.75) is 36.0 Å². The number of carbonyl (C=O) groups is 3. The number of hydrogen-bond acceptors (Lipinski definition) is 6. The number of aryl methyl sites for hydroxylation is 1. The van der Waals surface area contributed by atoms with E-state index in [-0.39, 0.29) is 70.4 Å². The zero-order chi connectivity index (χ0) is 22.3. The summed E-state index contributed by atoms with van der Waals surface area (Å²) in [7, 11) is 0. The molecule has 1 aromatic carbocycles. The Balaban J connectivity index is 1.43. The lowest BCUT2D eigenvalue weighted by molar-refractivity contribution is -0.142. The Hall–Kier alpha value is -2.39. The lowest BCUT2D eigenvalue weighted by Crippen LogP contribution is -2.42. The molecule has 0 spiro atoms. The number of amides is 2. The number of thioether (sulfide) groups is 1. The first-order chi connectivity index (χ1) is 15.4. The maximum atomic E-state index is 13.3. The summed E-state index contributed by atoms with van der Waals surface area (Å²) in [5.41, 5.74) is 2.34. The highest BCUT2D eigenvalue weighted by Gasteiger charge is 2.69. The molecule has 6 unspecified atom stereocenters. The first-order valence-corrected chi connectivity index (χ1v) is 12.6. The molecule has 2 N–H and O–H groups in total. The first kappa shape index (κ1) is 20.2. The molecule has 2 aliphatic carbocycles. The maximum Gasteiger partial charge on any atom is 0.305 e. The number of hydrogen-bond donors (Lipinski definition) is 2. The topological polar surface area (TPSA) is 108 Å². The van der Waals surface area contributed by atoms with Crippen molar-refractivity contribution in [2.75, 3.05) is 6.54 Å². The van der Waals surface area contributed by atoms with Crippen LogP contribution in [0.15, 0.2) is 34.1 Å². The number of likely N-dealkylation sites (tertiary alicyclic amines) is 1. The summed E-state index contributed by atoms with van der Waals surface area (Å²) < 4.78 is 0. The first-order valence-electron chi connectivity index (χ1n) is 10.9. The number of nitrogens with zero attached hydrogens (tertiary/aromatic N) is 1. The van der Waals surface area contributed by atoms with Crippen LogP contribution in [0.5, 0.6) is 0 Å². The van der Waals surface area contributed by atoms with Gasteiger partial charge < -0.3 is 10.1 Å². The molecule has 4 aliphatic rings. The molecule has 2 aliphatic heterocycles. The molecular formula is C23H22N2O5S2. The zero-order valence-electron chi connectivity index (χ0n) is 17.3. The predicted molar refractivity (Wildman–Crippen MR) is 119 cm³/mol. The number of rotatable bonds is 4. The van der Waals surface area contributed by atoms with E-state index in [9.17, 15) is 19.2 Å². The van der Waals surface area contributed by atoms with Gasteiger partial charge in [-0.05, 0) is 42.2 Å². The third kappa shape index (κ3) is 2.67. The molecule has 7 nitrogen and oxygen atoms in total. The highest BCUT2D eigenvalue weighted by Crippen LogP contribution is 2.68. The third-order valence-electron chi connectivity index (χ3n) is 7.89. The van der Waals surface area contributed by atoms with Gasteiger partial charge in [0.1, 0.15) is 0 Å². The summed E-state index contributed by atoms with van der Waals surface area (Å²) in [4.78, 5) is 55.0. The number of aromatic nitrogens is 1. The van der Waals surface area contributed by atoms with E-state index >= 15 is 0 Å². The van der Waals surface area contributed by atoms with Crippen molar-refractivity contribution in [3.8, 4) is 0 Å². The van der Waals surface area contributed by atoms with Crippen LogP contribution in [0, 0.1) is 36.5 Å². The van der Waals surface area contributed by atoms with Crippen LogP contribution in [0.4, 0.5) is 0 Å². The molecule has 9 heteroatoms. The molecule has 7 atom stereocenters. The lowest BCUT2D eigenvalue weighted by atomic mass is 9.67. The summed E-state index contributed by atoms with van der Waals surface area (Å²) >= 11 is 2.92. The molecule has 2 amide bonds. The standard InChI is InChI=1S/C23H22N2O5S2/c1-9-4-2-3-5-10(9)14-15-11-8-12(18(15)31-20-19(14)32-23(30)24-20)17-16(11)21(28)25(22(17)29)7-6-13(26)27/h2-5,11-12,14-18H,6-8H2,1H3,(H,24,30)(H,26,27)/t11?,12?,14-,15?,16?,17?,18?/m1/s1. The Kier molecular flexibility index (Phi) is 4.46. The fraction of sp³-hybridized carbons (Fsp3) is 0.478. The molecule has 3 heterocycles. The van der Waals surface area contributed by atoms with E-state index in [2.05, 4.69) is 24.0 Å². The minimum Gasteiger partial charge on any atom is -0.481 e. The quantitative estimate of drug-likeness (QED) is 0.666. The number of benzene rings is 1. The SMILES string of the molecule is Cc1ccccc1[C@H]1c2sc(=O)[nH]c2SC2C3CC(C4C(=O)N(CCC(=O)O)C(=O)C34)C21. The van der Waals surface area contributed by atoms with Crippen LogP contribution in [0.2, 0.25) is 0 Å². The van der Waals surface area contributed by atoms with E-state index in [0.29, 0.717) is 0 Å². The van der Waals surface area contributed by atoms with Crippen molar-refractivity contribution < 1.29 is 19.5 Å². The number of carboxylic acids is 1. The lowest BCUT2D eigenvalue weighted by Gasteiger charge is -2.43. The van der Waals surface area contributed by atoms with E-state index in [4.69, 9.17) is 5.11 Å². The van der Waals surface area contributed by atoms with Crippen molar-refractivity contribution in [1.29, 1.82) is 0 Å². The van der Waals surface area contributed by atoms with E-state index in [1.54, 1.807) is 11.8 Å². The van der Waals surface area contributed by atoms with Crippen LogP contribution in [-0.4, -0.2) is 44.6 Å². The molecule has 2 saturated carbocycles. The molecule has 32 heavy (non-hydrogen) atoms. The van der Waals surface area contributed by atoms with E-state index in [1.165, 1.54) is 21.8 Å². The number of H-pyrrole nitrogens is 1. The average Bonchev–Trinajstić information content (AvgIpc) is 3.46. The normalized spacial score (nSPS) is 34.5. The highest BCUT2D eigenvalue weighted by molar-refractivity contribution is 8.00. The van der Waals surface area contributed by atoms with Gasteiger partial charge in [0.05, 0.1) is 23.3 Å². The fourth-order valence-electron chi connectivity index (χ4n) is 6.79. The van der Waals surface area contributed by atoms with Gasteiger partial charge in [-0.1, -0.05) is 35.6 Å². The number of carbonyl (C=O) groups excluding carboxylic acids is 2. The number of carboxylic acid groups (broad SMARTS) is 1. The second-order valence-electron chi connectivity index (χ2n) is 9.29. The number of fused-ring (bicyclic) bond motifs is 9. The minimum absolute atomic E-state index is 0.0216. The average molecular weight is 471 g/mol. The van der Waals surface area contributed by atoms with Gasteiger partial charge in [-0.2, -0.15) is 0 Å². The van der Waals surface area contributed by atoms with Gasteiger partial charge in [0.25, 0.3) is 0 Å². The summed E-state index contributed by atoms with van der Waals surface area (Å²) in [5.74, 6) is -1.83. The van der Waals surface area contributed by atoms with Gasteiger partial charge >= 0.3 is 10.8 Å². The molecule has 1 saturated heterocycles. The molecule has 2 aromatic rings. The van der Waals surface area contributed by atoms with Gasteiger partial charge in [-0.15, -0.1) is 11.8 Å². The van der Waals surface area contributed by atoms with Crippen molar-refractivity contribution in [2.24, 2.45) is 29.6 Å². The maximum absolute atomic E-state index is 13.3. The Bertz CT molecular complexity index is 1220. The molecule has 3 fully saturated rings. The largest absolute Gasteiger partial charge is 0.481 e. The summed E-state index contributed by atoms with van der Waals surface area (Å²) in [6, 6.07) is 8.22. The summed E-state index contributed by atoms with van der Waals surface area (Å²) in [5, 5.41) is 10.1. The number of imide groups is 1. The van der Waals surface area contributed by atoms with Crippen LogP contribution in [0.1, 0.15) is 34.8 Å². The number of aliphatic carboxylic acids is 1. The van der Waals surface area contributed by atoms with Crippen LogP contribution in [-0.2, 0) is 14.4 Å². The number of nitrogens with one attached hydrogen (secondary N) is 1. The van der Waals surface area contributed by atoms with Gasteiger partial charge in [0, 0.05) is 22.6 Å². The van der Waals surface area contributed by atoms with Crippen molar-refractivity contribution >= 4 is 40.9 Å². The van der Waals surface area contributed by atoms with Crippen molar-refractivity contribution in [3.63, 3.8) is 0 Å². The Morgan fingerprint density at radius 2 is 1.88 bits per heavy atom. The fourth-order valence-corrected chi connectivity index (χ4v) is 9.67. The Morgan fingerprint density at radius 3 is 2.59 bits per heavy atom. The van der Waals surface area contributed by atoms with Gasteiger partial charge in [-0.3, -0.25) is 24.1 Å². The smallest absolute Gasteiger partial charge is 0.305 e. The molecular weight excluding hydrogens is 448 g/mol. The van der Waals surface area contributed by atoms with Crippen molar-refractivity contribution in [3.05, 3.63) is 49.9 Å². The monoisotopic (exact) mass is 470 g/mol.